The summed E-state index contributed by atoms with van der Waals surface area (Å²) in [7, 11) is 0. The molecule has 0 spiro atoms. The van der Waals surface area contributed by atoms with Crippen molar-refractivity contribution in [1.29, 1.82) is 0 Å². The van der Waals surface area contributed by atoms with Crippen LogP contribution in [0.25, 0.3) is 0 Å². The molecule has 2 N–H and O–H groups in total. The van der Waals surface area contributed by atoms with E-state index < -0.39 is 0 Å². The van der Waals surface area contributed by atoms with Gasteiger partial charge in [0.05, 0.1) is 6.54 Å². The van der Waals surface area contributed by atoms with Crippen molar-refractivity contribution in [1.82, 2.24) is 25.4 Å². The molecule has 2 rings (SSSR count). The van der Waals surface area contributed by atoms with Crippen molar-refractivity contribution >= 4 is 17.3 Å². The number of thiophene rings is 1. The van der Waals surface area contributed by atoms with Crippen LogP contribution in [0.1, 0.15) is 31.5 Å². The number of aryl methyl sites for hydroxylation is 1. The maximum Gasteiger partial charge on any atom is 0.191 e. The Morgan fingerprint density at radius 2 is 2.26 bits per heavy atom. The van der Waals surface area contributed by atoms with Crippen LogP contribution in [0.15, 0.2) is 28.8 Å². The Morgan fingerprint density at radius 1 is 1.39 bits per heavy atom. The van der Waals surface area contributed by atoms with E-state index in [1.165, 1.54) is 4.88 Å². The minimum Gasteiger partial charge on any atom is -0.356 e. The molecule has 0 bridgehead atoms. The summed E-state index contributed by atoms with van der Waals surface area (Å²) in [6.07, 6.45) is 2.68. The van der Waals surface area contributed by atoms with E-state index in [1.807, 2.05) is 0 Å². The third kappa shape index (κ3) is 6.02. The van der Waals surface area contributed by atoms with Gasteiger partial charge in [0.25, 0.3) is 0 Å². The van der Waals surface area contributed by atoms with E-state index in [0.717, 1.165) is 37.8 Å². The van der Waals surface area contributed by atoms with Gasteiger partial charge in [-0.25, -0.2) is 4.99 Å². The summed E-state index contributed by atoms with van der Waals surface area (Å²) in [4.78, 5) is 5.93. The zero-order chi connectivity index (χ0) is 16.5. The molecule has 2 aromatic rings. The molecule has 0 fully saturated rings. The summed E-state index contributed by atoms with van der Waals surface area (Å²) in [5.41, 5.74) is 0. The van der Waals surface area contributed by atoms with Crippen molar-refractivity contribution in [2.45, 2.75) is 40.3 Å². The summed E-state index contributed by atoms with van der Waals surface area (Å²) >= 11 is 1.73. The highest BCUT2D eigenvalue weighted by Crippen LogP contribution is 2.09. The summed E-state index contributed by atoms with van der Waals surface area (Å²) in [6.45, 7) is 9.70. The summed E-state index contributed by atoms with van der Waals surface area (Å²) < 4.78 is 2.08. The molecule has 0 aliphatic carbocycles. The fourth-order valence-corrected chi connectivity index (χ4v) is 2.70. The molecule has 6 nitrogen and oxygen atoms in total. The predicted molar refractivity (Wildman–Crippen MR) is 95.7 cm³/mol. The second kappa shape index (κ2) is 9.29. The summed E-state index contributed by atoms with van der Waals surface area (Å²) in [5.74, 6) is 2.45. The van der Waals surface area contributed by atoms with Crippen molar-refractivity contribution in [3.05, 3.63) is 34.5 Å². The molecule has 0 aromatic carbocycles. The van der Waals surface area contributed by atoms with E-state index >= 15 is 0 Å². The number of hydrogen-bond acceptors (Lipinski definition) is 4. The van der Waals surface area contributed by atoms with Crippen molar-refractivity contribution in [2.75, 3.05) is 13.1 Å². The van der Waals surface area contributed by atoms with Crippen molar-refractivity contribution < 1.29 is 0 Å². The standard InChI is InChI=1S/C16H26N6S/c1-4-15-21-20-12-22(15)8-7-17-16(18-10-13(2)3)19-11-14-6-5-9-23-14/h5-6,9,12-13H,4,7-8,10-11H2,1-3H3,(H2,17,18,19). The second-order valence-electron chi connectivity index (χ2n) is 5.74. The zero-order valence-corrected chi connectivity index (χ0v) is 14.9. The van der Waals surface area contributed by atoms with Gasteiger partial charge in [-0.15, -0.1) is 21.5 Å². The van der Waals surface area contributed by atoms with E-state index in [0.29, 0.717) is 12.5 Å². The molecule has 2 heterocycles. The number of aliphatic imine (C=N–C) groups is 1. The van der Waals surface area contributed by atoms with Crippen molar-refractivity contribution in [2.24, 2.45) is 10.9 Å². The molecule has 23 heavy (non-hydrogen) atoms. The van der Waals surface area contributed by atoms with E-state index in [9.17, 15) is 0 Å². The van der Waals surface area contributed by atoms with Crippen LogP contribution in [0.5, 0.6) is 0 Å². The molecule has 0 aliphatic rings. The Hall–Kier alpha value is -1.89. The van der Waals surface area contributed by atoms with Crippen LogP contribution in [0, 0.1) is 5.92 Å². The zero-order valence-electron chi connectivity index (χ0n) is 14.1. The van der Waals surface area contributed by atoms with Gasteiger partial charge in [0.2, 0.25) is 0 Å². The number of hydrogen-bond donors (Lipinski definition) is 2. The van der Waals surface area contributed by atoms with Gasteiger partial charge in [-0.3, -0.25) is 0 Å². The average Bonchev–Trinajstić information content (AvgIpc) is 3.20. The van der Waals surface area contributed by atoms with Gasteiger partial charge in [0.1, 0.15) is 12.2 Å². The minimum absolute atomic E-state index is 0.577. The molecule has 0 aliphatic heterocycles. The molecule has 0 atom stereocenters. The second-order valence-corrected chi connectivity index (χ2v) is 6.77. The normalized spacial score (nSPS) is 11.9. The first kappa shape index (κ1) is 17.5. The predicted octanol–water partition coefficient (Wildman–Crippen LogP) is 2.29. The maximum absolute atomic E-state index is 4.66. The number of guanidine groups is 1. The molecule has 7 heteroatoms. The van der Waals surface area contributed by atoms with Crippen LogP contribution in [0.3, 0.4) is 0 Å². The summed E-state index contributed by atoms with van der Waals surface area (Å²) in [5, 5.41) is 16.9. The SMILES string of the molecule is CCc1nncn1CCNC(=NCc1cccs1)NCC(C)C. The van der Waals surface area contributed by atoms with Gasteiger partial charge < -0.3 is 15.2 Å². The molecule has 2 aromatic heterocycles. The Morgan fingerprint density at radius 3 is 2.96 bits per heavy atom. The van der Waals surface area contributed by atoms with Gasteiger partial charge in [0, 0.05) is 30.9 Å². The molecule has 0 radical (unpaired) electrons. The first-order valence-corrected chi connectivity index (χ1v) is 8.98. The average molecular weight is 334 g/mol. The van der Waals surface area contributed by atoms with Crippen LogP contribution in [0.2, 0.25) is 0 Å². The van der Waals surface area contributed by atoms with Crippen molar-refractivity contribution in [3.8, 4) is 0 Å². The molecule has 0 saturated heterocycles. The Bertz CT molecular complexity index is 587. The molecular formula is C16H26N6S. The molecule has 0 amide bonds. The highest BCUT2D eigenvalue weighted by Gasteiger charge is 2.03. The Balaban J connectivity index is 1.87. The maximum atomic E-state index is 4.66. The Kier molecular flexibility index (Phi) is 7.06. The van der Waals surface area contributed by atoms with Gasteiger partial charge in [-0.1, -0.05) is 26.8 Å². The molecule has 126 valence electrons. The first-order valence-electron chi connectivity index (χ1n) is 8.10. The lowest BCUT2D eigenvalue weighted by atomic mass is 10.2. The number of rotatable bonds is 8. The van der Waals surface area contributed by atoms with Gasteiger partial charge in [-0.05, 0) is 17.4 Å². The van der Waals surface area contributed by atoms with Crippen LogP contribution >= 0.6 is 11.3 Å². The third-order valence-electron chi connectivity index (χ3n) is 3.31. The number of nitrogens with zero attached hydrogens (tertiary/aromatic N) is 4. The van der Waals surface area contributed by atoms with Crippen LogP contribution in [-0.2, 0) is 19.5 Å². The lowest BCUT2D eigenvalue weighted by molar-refractivity contribution is 0.599. The monoisotopic (exact) mass is 334 g/mol. The van der Waals surface area contributed by atoms with E-state index in [4.69, 9.17) is 0 Å². The topological polar surface area (TPSA) is 67.1 Å². The quantitative estimate of drug-likeness (QED) is 0.574. The van der Waals surface area contributed by atoms with E-state index in [-0.39, 0.29) is 0 Å². The highest BCUT2D eigenvalue weighted by molar-refractivity contribution is 7.09. The molecule has 0 unspecified atom stereocenters. The minimum atomic E-state index is 0.577. The number of aromatic nitrogens is 3. The van der Waals surface area contributed by atoms with Crippen LogP contribution < -0.4 is 10.6 Å². The fraction of sp³-hybridized carbons (Fsp3) is 0.562. The van der Waals surface area contributed by atoms with Gasteiger partial charge in [0.15, 0.2) is 5.96 Å². The lowest BCUT2D eigenvalue weighted by Gasteiger charge is -2.14. The van der Waals surface area contributed by atoms with E-state index in [1.54, 1.807) is 17.7 Å². The smallest absolute Gasteiger partial charge is 0.191 e. The third-order valence-corrected chi connectivity index (χ3v) is 4.17. The van der Waals surface area contributed by atoms with E-state index in [2.05, 4.69) is 68.7 Å². The Labute approximate surface area is 142 Å². The highest BCUT2D eigenvalue weighted by atomic mass is 32.1. The van der Waals surface area contributed by atoms with Crippen LogP contribution in [0.4, 0.5) is 0 Å². The fourth-order valence-electron chi connectivity index (χ4n) is 2.07. The summed E-state index contributed by atoms with van der Waals surface area (Å²) in [6, 6.07) is 4.17. The van der Waals surface area contributed by atoms with Gasteiger partial charge in [-0.2, -0.15) is 0 Å². The van der Waals surface area contributed by atoms with Crippen molar-refractivity contribution in [3.63, 3.8) is 0 Å². The largest absolute Gasteiger partial charge is 0.356 e. The molecule has 0 saturated carbocycles. The van der Waals surface area contributed by atoms with Crippen LogP contribution in [-0.4, -0.2) is 33.8 Å². The number of nitrogens with one attached hydrogen (secondary N) is 2. The van der Waals surface area contributed by atoms with Gasteiger partial charge >= 0.3 is 0 Å². The molecular weight excluding hydrogens is 308 g/mol. The lowest BCUT2D eigenvalue weighted by Crippen LogP contribution is -2.40. The first-order chi connectivity index (χ1) is 11.2.